The van der Waals surface area contributed by atoms with Crippen molar-refractivity contribution in [1.82, 2.24) is 5.32 Å². The zero-order valence-corrected chi connectivity index (χ0v) is 9.23. The van der Waals surface area contributed by atoms with Crippen LogP contribution in [-0.4, -0.2) is 17.3 Å². The molecule has 1 fully saturated rings. The van der Waals surface area contributed by atoms with Crippen LogP contribution in [0, 0.1) is 11.8 Å². The highest BCUT2D eigenvalue weighted by molar-refractivity contribution is 9.09. The molecular formula is C9H16BrNO. The zero-order valence-electron chi connectivity index (χ0n) is 7.64. The van der Waals surface area contributed by atoms with Crippen LogP contribution in [0.5, 0.6) is 0 Å². The molecule has 1 amide bonds. The largest absolute Gasteiger partial charge is 0.356 e. The van der Waals surface area contributed by atoms with Gasteiger partial charge in [0.1, 0.15) is 0 Å². The minimum absolute atomic E-state index is 0.116. The van der Waals surface area contributed by atoms with E-state index in [1.807, 2.05) is 13.8 Å². The average molecular weight is 234 g/mol. The summed E-state index contributed by atoms with van der Waals surface area (Å²) in [5.41, 5.74) is 0. The Morgan fingerprint density at radius 3 is 2.58 bits per heavy atom. The molecular weight excluding hydrogens is 218 g/mol. The second-order valence-electron chi connectivity index (χ2n) is 3.83. The normalized spacial score (nSPS) is 28.3. The maximum absolute atomic E-state index is 11.1. The number of halogens is 1. The summed E-state index contributed by atoms with van der Waals surface area (Å²) in [6.45, 7) is 4.70. The first-order valence-corrected chi connectivity index (χ1v) is 5.43. The van der Waals surface area contributed by atoms with E-state index in [0.717, 1.165) is 6.54 Å². The molecule has 0 heterocycles. The van der Waals surface area contributed by atoms with Crippen LogP contribution in [0.4, 0.5) is 0 Å². The van der Waals surface area contributed by atoms with Gasteiger partial charge in [-0.15, -0.1) is 0 Å². The van der Waals surface area contributed by atoms with E-state index in [1.54, 1.807) is 0 Å². The van der Waals surface area contributed by atoms with Gasteiger partial charge in [0.25, 0.3) is 0 Å². The summed E-state index contributed by atoms with van der Waals surface area (Å²) < 4.78 is 0. The first-order chi connectivity index (χ1) is 5.59. The highest BCUT2D eigenvalue weighted by Gasteiger charge is 2.26. The number of amides is 1. The van der Waals surface area contributed by atoms with Crippen molar-refractivity contribution in [3.05, 3.63) is 0 Å². The van der Waals surface area contributed by atoms with Gasteiger partial charge in [-0.25, -0.2) is 0 Å². The molecule has 3 heteroatoms. The van der Waals surface area contributed by atoms with Gasteiger partial charge in [0.2, 0.25) is 5.91 Å². The summed E-state index contributed by atoms with van der Waals surface area (Å²) in [4.78, 5) is 11.8. The number of carbonyl (C=O) groups excluding carboxylic acids is 1. The van der Waals surface area contributed by atoms with Crippen molar-refractivity contribution in [3.8, 4) is 0 Å². The van der Waals surface area contributed by atoms with Crippen LogP contribution in [0.25, 0.3) is 0 Å². The predicted molar refractivity (Wildman–Crippen MR) is 53.3 cm³/mol. The fourth-order valence-corrected chi connectivity index (χ4v) is 2.33. The van der Waals surface area contributed by atoms with Gasteiger partial charge in [-0.3, -0.25) is 4.79 Å². The molecule has 0 bridgehead atoms. The average Bonchev–Trinajstić information content (AvgIpc) is 1.95. The van der Waals surface area contributed by atoms with Gasteiger partial charge in [-0.05, 0) is 18.8 Å². The van der Waals surface area contributed by atoms with Crippen molar-refractivity contribution >= 4 is 21.8 Å². The number of hydrogen-bond donors (Lipinski definition) is 1. The number of carbonyl (C=O) groups is 1. The van der Waals surface area contributed by atoms with Crippen LogP contribution in [-0.2, 0) is 4.79 Å². The fraction of sp³-hybridized carbons (Fsp3) is 0.889. The lowest BCUT2D eigenvalue weighted by Gasteiger charge is -2.31. The Balaban J connectivity index is 2.06. The van der Waals surface area contributed by atoms with E-state index < -0.39 is 0 Å². The first-order valence-electron chi connectivity index (χ1n) is 4.51. The molecule has 2 nitrogen and oxygen atoms in total. The first kappa shape index (κ1) is 10.0. The highest BCUT2D eigenvalue weighted by Crippen LogP contribution is 2.32. The van der Waals surface area contributed by atoms with E-state index in [9.17, 15) is 4.79 Å². The lowest BCUT2D eigenvalue weighted by Crippen LogP contribution is -2.37. The molecule has 1 aliphatic carbocycles. The number of rotatable bonds is 3. The summed E-state index contributed by atoms with van der Waals surface area (Å²) in [5.74, 6) is 0.995. The van der Waals surface area contributed by atoms with Gasteiger partial charge in [0.15, 0.2) is 0 Å². The fourth-order valence-electron chi connectivity index (χ4n) is 1.27. The van der Waals surface area contributed by atoms with Crippen molar-refractivity contribution in [2.75, 3.05) is 6.54 Å². The second kappa shape index (κ2) is 4.26. The summed E-state index contributed by atoms with van der Waals surface area (Å²) in [5, 5.41) is 2.94. The smallest absolute Gasteiger partial charge is 0.222 e. The molecule has 0 aromatic rings. The van der Waals surface area contributed by atoms with Gasteiger partial charge in [0.05, 0.1) is 0 Å². The monoisotopic (exact) mass is 233 g/mol. The van der Waals surface area contributed by atoms with Crippen LogP contribution in [0.3, 0.4) is 0 Å². The lowest BCUT2D eigenvalue weighted by atomic mass is 9.85. The Labute approximate surface area is 82.2 Å². The highest BCUT2D eigenvalue weighted by atomic mass is 79.9. The van der Waals surface area contributed by atoms with Crippen LogP contribution < -0.4 is 5.32 Å². The Kier molecular flexibility index (Phi) is 3.56. The Hall–Kier alpha value is -0.0500. The molecule has 1 aliphatic rings. The Bertz CT molecular complexity index is 164. The quantitative estimate of drug-likeness (QED) is 0.743. The maximum Gasteiger partial charge on any atom is 0.222 e. The molecule has 1 rings (SSSR count). The summed E-state index contributed by atoms with van der Waals surface area (Å²) in [7, 11) is 0. The third kappa shape index (κ3) is 2.77. The molecule has 12 heavy (non-hydrogen) atoms. The van der Waals surface area contributed by atoms with Gasteiger partial charge in [-0.2, -0.15) is 0 Å². The van der Waals surface area contributed by atoms with E-state index in [1.165, 1.54) is 12.8 Å². The Morgan fingerprint density at radius 2 is 2.17 bits per heavy atom. The van der Waals surface area contributed by atoms with Gasteiger partial charge in [0, 0.05) is 17.3 Å². The molecule has 0 unspecified atom stereocenters. The molecule has 0 radical (unpaired) electrons. The summed E-state index contributed by atoms with van der Waals surface area (Å²) in [6, 6.07) is 0. The molecule has 0 atom stereocenters. The van der Waals surface area contributed by atoms with Crippen LogP contribution >= 0.6 is 15.9 Å². The topological polar surface area (TPSA) is 29.1 Å². The molecule has 1 saturated carbocycles. The molecule has 1 N–H and O–H groups in total. The summed E-state index contributed by atoms with van der Waals surface area (Å²) >= 11 is 3.52. The van der Waals surface area contributed by atoms with Gasteiger partial charge >= 0.3 is 0 Å². The van der Waals surface area contributed by atoms with E-state index in [4.69, 9.17) is 0 Å². The van der Waals surface area contributed by atoms with Gasteiger partial charge < -0.3 is 5.32 Å². The minimum Gasteiger partial charge on any atom is -0.356 e. The molecule has 70 valence electrons. The minimum atomic E-state index is 0.116. The zero-order chi connectivity index (χ0) is 9.14. The van der Waals surface area contributed by atoms with Crippen molar-refractivity contribution in [2.24, 2.45) is 11.8 Å². The van der Waals surface area contributed by atoms with E-state index >= 15 is 0 Å². The molecule has 0 spiro atoms. The molecule has 0 aromatic carbocycles. The van der Waals surface area contributed by atoms with Crippen LogP contribution in [0.1, 0.15) is 26.7 Å². The third-order valence-corrected chi connectivity index (χ3v) is 3.02. The van der Waals surface area contributed by atoms with Gasteiger partial charge in [-0.1, -0.05) is 29.8 Å². The second-order valence-corrected chi connectivity index (χ2v) is 5.13. The standard InChI is InChI=1S/C9H16BrNO/c1-6(2)9(12)11-5-7-3-8(10)4-7/h6-8H,3-5H2,1-2H3,(H,11,12). The number of nitrogens with one attached hydrogen (secondary N) is 1. The van der Waals surface area contributed by atoms with Crippen LogP contribution in [0.2, 0.25) is 0 Å². The molecule has 0 aliphatic heterocycles. The number of hydrogen-bond acceptors (Lipinski definition) is 1. The Morgan fingerprint density at radius 1 is 1.58 bits per heavy atom. The maximum atomic E-state index is 11.1. The van der Waals surface area contributed by atoms with E-state index in [-0.39, 0.29) is 11.8 Å². The van der Waals surface area contributed by atoms with E-state index in [0.29, 0.717) is 10.7 Å². The number of alkyl halides is 1. The molecule has 0 aromatic heterocycles. The van der Waals surface area contributed by atoms with E-state index in [2.05, 4.69) is 21.2 Å². The van der Waals surface area contributed by atoms with Crippen molar-refractivity contribution in [3.63, 3.8) is 0 Å². The van der Waals surface area contributed by atoms with Crippen molar-refractivity contribution < 1.29 is 4.79 Å². The third-order valence-electron chi connectivity index (χ3n) is 2.27. The lowest BCUT2D eigenvalue weighted by molar-refractivity contribution is -0.124. The van der Waals surface area contributed by atoms with Crippen molar-refractivity contribution in [1.29, 1.82) is 0 Å². The van der Waals surface area contributed by atoms with Crippen LogP contribution in [0.15, 0.2) is 0 Å². The SMILES string of the molecule is CC(C)C(=O)NCC1CC(Br)C1. The predicted octanol–water partition coefficient (Wildman–Crippen LogP) is 1.93. The van der Waals surface area contributed by atoms with Crippen molar-refractivity contribution in [2.45, 2.75) is 31.5 Å². The summed E-state index contributed by atoms with van der Waals surface area (Å²) in [6.07, 6.45) is 2.41. The molecule has 0 saturated heterocycles.